The van der Waals surface area contributed by atoms with Gasteiger partial charge in [0.25, 0.3) is 0 Å². The van der Waals surface area contributed by atoms with Crippen LogP contribution in [0.5, 0.6) is 0 Å². The number of unbranched alkanes of at least 4 members (excludes halogenated alkanes) is 4. The van der Waals surface area contributed by atoms with E-state index in [4.69, 9.17) is 0 Å². The molecule has 0 fully saturated rings. The molecule has 0 rings (SSSR count). The SMILES string of the molecule is CCCCC(CCCC)[C]([Sn])(CCCC)CCCC. The van der Waals surface area contributed by atoms with Gasteiger partial charge >= 0.3 is 137 Å². The van der Waals surface area contributed by atoms with Gasteiger partial charge in [-0.15, -0.1) is 0 Å². The zero-order chi connectivity index (χ0) is 14.6. The topological polar surface area (TPSA) is 0 Å². The standard InChI is InChI=1S/C18H37.Sn/c1-5-9-13-17(14-10-6-2)18(15-11-7-3)16-12-8-4;/h17H,5-16H2,1-4H3;. The minimum atomic E-state index is 0.711. The zero-order valence-corrected chi connectivity index (χ0v) is 16.9. The molecule has 19 heavy (non-hydrogen) atoms. The molecule has 0 nitrogen and oxygen atoms in total. The Morgan fingerprint density at radius 1 is 0.684 bits per heavy atom. The van der Waals surface area contributed by atoms with Gasteiger partial charge in [-0.25, -0.2) is 0 Å². The van der Waals surface area contributed by atoms with Crippen molar-refractivity contribution in [2.75, 3.05) is 0 Å². The van der Waals surface area contributed by atoms with Gasteiger partial charge in [-0.3, -0.25) is 0 Å². The quantitative estimate of drug-likeness (QED) is 0.316. The molecule has 1 heteroatoms. The summed E-state index contributed by atoms with van der Waals surface area (Å²) in [6.45, 7) is 9.40. The van der Waals surface area contributed by atoms with Crippen molar-refractivity contribution >= 4 is 22.5 Å². The fraction of sp³-hybridized carbons (Fsp3) is 1.00. The molecule has 0 atom stereocenters. The molecule has 0 amide bonds. The van der Waals surface area contributed by atoms with E-state index in [0.717, 1.165) is 5.92 Å². The first kappa shape index (κ1) is 19.8. The predicted molar refractivity (Wildman–Crippen MR) is 90.0 cm³/mol. The van der Waals surface area contributed by atoms with Crippen LogP contribution in [0.1, 0.15) is 105 Å². The first-order valence-electron chi connectivity index (χ1n) is 8.89. The molecular weight excluding hydrogens is 335 g/mol. The summed E-state index contributed by atoms with van der Waals surface area (Å²) in [5.74, 6) is 1.02. The number of rotatable bonds is 13. The summed E-state index contributed by atoms with van der Waals surface area (Å²) in [5, 5.41) is 0. The van der Waals surface area contributed by atoms with Crippen LogP contribution < -0.4 is 0 Å². The minimum absolute atomic E-state index is 0.711. The van der Waals surface area contributed by atoms with Crippen LogP contribution in [0.2, 0.25) is 3.43 Å². The Bertz CT molecular complexity index is 172. The van der Waals surface area contributed by atoms with Gasteiger partial charge < -0.3 is 0 Å². The maximum atomic E-state index is 2.35. The fourth-order valence-corrected chi connectivity index (χ4v) is 4.95. The summed E-state index contributed by atoms with van der Waals surface area (Å²) in [5.41, 5.74) is 0. The van der Waals surface area contributed by atoms with Crippen LogP contribution in [0.4, 0.5) is 0 Å². The summed E-state index contributed by atoms with van der Waals surface area (Å²) < 4.78 is 0.711. The molecule has 0 aromatic rings. The fourth-order valence-electron chi connectivity index (χ4n) is 3.12. The van der Waals surface area contributed by atoms with Crippen molar-refractivity contribution in [1.29, 1.82) is 0 Å². The average molecular weight is 372 g/mol. The van der Waals surface area contributed by atoms with Crippen molar-refractivity contribution in [3.05, 3.63) is 0 Å². The van der Waals surface area contributed by atoms with Crippen LogP contribution in [0, 0.1) is 5.92 Å². The second-order valence-corrected chi connectivity index (χ2v) is 9.19. The first-order chi connectivity index (χ1) is 9.14. The first-order valence-corrected chi connectivity index (χ1v) is 10.3. The summed E-state index contributed by atoms with van der Waals surface area (Å²) >= 11 is 1.83. The summed E-state index contributed by atoms with van der Waals surface area (Å²) in [7, 11) is 0. The van der Waals surface area contributed by atoms with E-state index in [9.17, 15) is 0 Å². The van der Waals surface area contributed by atoms with E-state index in [1.165, 1.54) is 77.0 Å². The molecule has 0 saturated carbocycles. The Hall–Kier alpha value is 0.799. The van der Waals surface area contributed by atoms with E-state index < -0.39 is 0 Å². The van der Waals surface area contributed by atoms with E-state index in [-0.39, 0.29) is 0 Å². The third kappa shape index (κ3) is 8.63. The van der Waals surface area contributed by atoms with E-state index >= 15 is 0 Å². The maximum absolute atomic E-state index is 2.35. The molecule has 0 unspecified atom stereocenters. The molecule has 3 radical (unpaired) electrons. The molecule has 0 aromatic heterocycles. The summed E-state index contributed by atoms with van der Waals surface area (Å²) in [6, 6.07) is 0. The van der Waals surface area contributed by atoms with Gasteiger partial charge in [0.2, 0.25) is 0 Å². The molecule has 0 aliphatic carbocycles. The van der Waals surface area contributed by atoms with Gasteiger partial charge in [0.15, 0.2) is 0 Å². The van der Waals surface area contributed by atoms with E-state index in [2.05, 4.69) is 27.7 Å². The van der Waals surface area contributed by atoms with Crippen LogP contribution >= 0.6 is 0 Å². The zero-order valence-electron chi connectivity index (χ0n) is 14.1. The van der Waals surface area contributed by atoms with E-state index in [1.54, 1.807) is 0 Å². The molecule has 0 spiro atoms. The second-order valence-electron chi connectivity index (χ2n) is 6.34. The molecule has 0 aliphatic rings. The average Bonchev–Trinajstić information content (AvgIpc) is 2.43. The van der Waals surface area contributed by atoms with Crippen molar-refractivity contribution in [2.24, 2.45) is 5.92 Å². The predicted octanol–water partition coefficient (Wildman–Crippen LogP) is 6.69. The molecule has 113 valence electrons. The molecule has 0 bridgehead atoms. The van der Waals surface area contributed by atoms with Crippen LogP contribution in [0.25, 0.3) is 0 Å². The Morgan fingerprint density at radius 3 is 1.37 bits per heavy atom. The Kier molecular flexibility index (Phi) is 13.1. The van der Waals surface area contributed by atoms with E-state index in [1.807, 2.05) is 22.5 Å². The Morgan fingerprint density at radius 2 is 1.05 bits per heavy atom. The third-order valence-corrected chi connectivity index (χ3v) is 7.14. The summed E-state index contributed by atoms with van der Waals surface area (Å²) in [6.07, 6.45) is 17.3. The molecule has 0 N–H and O–H groups in total. The van der Waals surface area contributed by atoms with Crippen molar-refractivity contribution in [1.82, 2.24) is 0 Å². The Labute approximate surface area is 136 Å². The van der Waals surface area contributed by atoms with E-state index in [0.29, 0.717) is 3.43 Å². The van der Waals surface area contributed by atoms with Gasteiger partial charge in [0, 0.05) is 0 Å². The van der Waals surface area contributed by atoms with Gasteiger partial charge in [-0.2, -0.15) is 0 Å². The van der Waals surface area contributed by atoms with Crippen molar-refractivity contribution in [3.63, 3.8) is 0 Å². The number of hydrogen-bond acceptors (Lipinski definition) is 0. The van der Waals surface area contributed by atoms with Gasteiger partial charge in [-0.05, 0) is 0 Å². The monoisotopic (exact) mass is 373 g/mol. The second kappa shape index (κ2) is 12.5. The number of hydrogen-bond donors (Lipinski definition) is 0. The van der Waals surface area contributed by atoms with Gasteiger partial charge in [0.1, 0.15) is 0 Å². The van der Waals surface area contributed by atoms with Crippen molar-refractivity contribution in [2.45, 2.75) is 108 Å². The van der Waals surface area contributed by atoms with Crippen molar-refractivity contribution in [3.8, 4) is 0 Å². The Balaban J connectivity index is 4.64. The molecule has 0 saturated heterocycles. The van der Waals surface area contributed by atoms with Crippen molar-refractivity contribution < 1.29 is 0 Å². The van der Waals surface area contributed by atoms with Crippen LogP contribution in [-0.4, -0.2) is 22.5 Å². The molecule has 0 aromatic carbocycles. The summed E-state index contributed by atoms with van der Waals surface area (Å²) in [4.78, 5) is 0. The normalized spacial score (nSPS) is 12.3. The van der Waals surface area contributed by atoms with Gasteiger partial charge in [-0.1, -0.05) is 0 Å². The van der Waals surface area contributed by atoms with Crippen LogP contribution in [0.3, 0.4) is 0 Å². The van der Waals surface area contributed by atoms with Crippen LogP contribution in [-0.2, 0) is 0 Å². The third-order valence-electron chi connectivity index (χ3n) is 4.55. The van der Waals surface area contributed by atoms with Crippen LogP contribution in [0.15, 0.2) is 0 Å². The molecule has 0 heterocycles. The molecular formula is C18H37Sn. The van der Waals surface area contributed by atoms with Gasteiger partial charge in [0.05, 0.1) is 0 Å². The molecule has 0 aliphatic heterocycles.